The number of benzene rings is 5. The smallest absolute Gasteiger partial charge is 0.216 e. The molecule has 0 bridgehead atoms. The maximum absolute atomic E-state index is 7.69. The van der Waals surface area contributed by atoms with E-state index in [2.05, 4.69) is 135 Å². The standard InChI is InChI=1S/C34H35N2.C20H19N2OSi.Ir/c1-6-24(4)29-14-11-15-30(25(5)7-2)33(29)36-32-17-9-8-16-31(32)35-34(36)28-13-10-12-27(22-28)26-20-18-23(3)19-21-26;1-13-8-10-16-15-6-5-7-17(19(15)23-20(16)22-13)18-11-9-14(12-21-18)24(2,3)4;/h8-12,14-22,24-25H,6-7H2,1-5H3;5-6,8-12H,1-4H3;/q2*-1;/i3D3;;. The van der Waals surface area contributed by atoms with Crippen LogP contribution in [-0.4, -0.2) is 27.6 Å². The van der Waals surface area contributed by atoms with Crippen molar-refractivity contribution in [2.24, 2.45) is 0 Å². The van der Waals surface area contributed by atoms with Gasteiger partial charge in [-0.2, -0.15) is 0 Å². The summed E-state index contributed by atoms with van der Waals surface area (Å²) in [5.74, 6) is 1.65. The molecule has 0 amide bonds. The fraction of sp³-hybridized carbons (Fsp3) is 0.241. The van der Waals surface area contributed by atoms with Crippen molar-refractivity contribution in [2.75, 3.05) is 0 Å². The molecule has 0 aliphatic rings. The Hall–Kier alpha value is -5.46. The molecule has 2 unspecified atom stereocenters. The van der Waals surface area contributed by atoms with Crippen LogP contribution in [0.1, 0.15) is 78.9 Å². The van der Waals surface area contributed by atoms with Crippen molar-refractivity contribution < 1.29 is 28.6 Å². The molecule has 0 spiro atoms. The molecule has 2 atom stereocenters. The monoisotopic (exact) mass is 998 g/mol. The molecule has 4 heterocycles. The normalized spacial score (nSPS) is 13.5. The third-order valence-electron chi connectivity index (χ3n) is 11.8. The molecule has 5 nitrogen and oxygen atoms in total. The quantitative estimate of drug-likeness (QED) is 0.107. The number of rotatable bonds is 9. The third kappa shape index (κ3) is 8.83. The minimum atomic E-state index is -2.12. The van der Waals surface area contributed by atoms with E-state index in [1.165, 1.54) is 22.0 Å². The first-order chi connectivity index (χ1) is 30.2. The number of furan rings is 1. The van der Waals surface area contributed by atoms with E-state index in [1.807, 2.05) is 61.7 Å². The van der Waals surface area contributed by atoms with Crippen LogP contribution < -0.4 is 5.19 Å². The number of hydrogen-bond acceptors (Lipinski definition) is 4. The van der Waals surface area contributed by atoms with E-state index in [4.69, 9.17) is 13.5 Å². The van der Waals surface area contributed by atoms with Gasteiger partial charge < -0.3 is 14.0 Å². The number of nitrogens with zero attached hydrogens (tertiary/aromatic N) is 4. The van der Waals surface area contributed by atoms with Gasteiger partial charge in [-0.25, -0.2) is 4.98 Å². The van der Waals surface area contributed by atoms with Gasteiger partial charge in [-0.3, -0.25) is 4.98 Å². The van der Waals surface area contributed by atoms with Gasteiger partial charge in [-0.15, -0.1) is 53.6 Å². The van der Waals surface area contributed by atoms with Crippen molar-refractivity contribution in [1.29, 1.82) is 0 Å². The average molecular weight is 998 g/mol. The molecule has 9 rings (SSSR count). The van der Waals surface area contributed by atoms with Gasteiger partial charge in [-0.1, -0.05) is 131 Å². The van der Waals surface area contributed by atoms with E-state index in [9.17, 15) is 0 Å². The van der Waals surface area contributed by atoms with E-state index in [1.54, 1.807) is 12.1 Å². The van der Waals surface area contributed by atoms with Crippen molar-refractivity contribution >= 4 is 46.4 Å². The summed E-state index contributed by atoms with van der Waals surface area (Å²) in [6.07, 6.45) is 4.10. The number of fused-ring (bicyclic) bond motifs is 4. The first kappa shape index (κ1) is 39.7. The summed E-state index contributed by atoms with van der Waals surface area (Å²) < 4.78 is 31.5. The Labute approximate surface area is 379 Å². The predicted molar refractivity (Wildman–Crippen MR) is 254 cm³/mol. The summed E-state index contributed by atoms with van der Waals surface area (Å²) in [7, 11) is -1.35. The number of imidazole rings is 1. The van der Waals surface area contributed by atoms with Gasteiger partial charge in [0, 0.05) is 47.2 Å². The number of pyridine rings is 2. The second-order valence-corrected chi connectivity index (χ2v) is 22.0. The molecule has 9 aromatic rings. The maximum atomic E-state index is 7.69. The van der Waals surface area contributed by atoms with Crippen LogP contribution in [0, 0.1) is 25.9 Å². The molecule has 0 saturated carbocycles. The van der Waals surface area contributed by atoms with Crippen LogP contribution in [0.25, 0.3) is 72.6 Å². The molecule has 0 N–H and O–H groups in total. The van der Waals surface area contributed by atoms with Gasteiger partial charge in [0.25, 0.3) is 0 Å². The topological polar surface area (TPSA) is 56.7 Å². The van der Waals surface area contributed by atoms with Crippen molar-refractivity contribution in [3.8, 4) is 39.5 Å². The van der Waals surface area contributed by atoms with Crippen LogP contribution in [0.15, 0.2) is 132 Å². The molecule has 0 aliphatic heterocycles. The zero-order chi connectivity index (χ0) is 44.6. The minimum absolute atomic E-state index is 0. The molecule has 0 aliphatic carbocycles. The number of aromatic nitrogens is 4. The molecular weight excluding hydrogens is 941 g/mol. The van der Waals surface area contributed by atoms with Crippen molar-refractivity contribution in [3.63, 3.8) is 0 Å². The Balaban J connectivity index is 0.000000210. The minimum Gasteiger partial charge on any atom is -0.486 e. The van der Waals surface area contributed by atoms with E-state index in [-0.39, 0.29) is 20.1 Å². The number of para-hydroxylation sites is 3. The fourth-order valence-corrected chi connectivity index (χ4v) is 8.87. The number of hydrogen-bond donors (Lipinski definition) is 0. The summed E-state index contributed by atoms with van der Waals surface area (Å²) in [6.45, 7) is 15.9. The zero-order valence-corrected chi connectivity index (χ0v) is 39.6. The van der Waals surface area contributed by atoms with E-state index in [0.717, 1.165) is 79.7 Å². The van der Waals surface area contributed by atoms with Crippen LogP contribution in [0.3, 0.4) is 0 Å². The van der Waals surface area contributed by atoms with Crippen LogP contribution in [0.2, 0.25) is 19.6 Å². The summed E-state index contributed by atoms with van der Waals surface area (Å²) in [5, 5.41) is 3.44. The van der Waals surface area contributed by atoms with Crippen LogP contribution in [-0.2, 0) is 20.1 Å². The van der Waals surface area contributed by atoms with Gasteiger partial charge in [0.05, 0.1) is 30.5 Å². The summed E-state index contributed by atoms with van der Waals surface area (Å²) >= 11 is 0. The predicted octanol–water partition coefficient (Wildman–Crippen LogP) is 14.2. The van der Waals surface area contributed by atoms with Gasteiger partial charge in [0.2, 0.25) is 5.71 Å². The molecule has 1 radical (unpaired) electrons. The van der Waals surface area contributed by atoms with Gasteiger partial charge >= 0.3 is 0 Å². The van der Waals surface area contributed by atoms with Gasteiger partial charge in [0.1, 0.15) is 0 Å². The van der Waals surface area contributed by atoms with E-state index < -0.39 is 14.9 Å². The second-order valence-electron chi connectivity index (χ2n) is 16.9. The van der Waals surface area contributed by atoms with Crippen LogP contribution in [0.4, 0.5) is 0 Å². The van der Waals surface area contributed by atoms with Crippen molar-refractivity contribution in [2.45, 2.75) is 85.8 Å². The summed E-state index contributed by atoms with van der Waals surface area (Å²) in [5.41, 5.74) is 13.3. The molecule has 0 fully saturated rings. The molecule has 0 saturated heterocycles. The van der Waals surface area contributed by atoms with Crippen LogP contribution >= 0.6 is 0 Å². The summed E-state index contributed by atoms with van der Waals surface area (Å²) in [4.78, 5) is 14.3. The van der Waals surface area contributed by atoms with E-state index >= 15 is 0 Å². The summed E-state index contributed by atoms with van der Waals surface area (Å²) in [6, 6.07) is 47.3. The van der Waals surface area contributed by atoms with E-state index in [0.29, 0.717) is 23.1 Å². The first-order valence-electron chi connectivity index (χ1n) is 22.6. The fourth-order valence-electron chi connectivity index (χ4n) is 7.83. The molecular formula is C54H54IrN4OSi-2. The Morgan fingerprint density at radius 1 is 0.754 bits per heavy atom. The molecule has 61 heavy (non-hydrogen) atoms. The van der Waals surface area contributed by atoms with Crippen LogP contribution in [0.5, 0.6) is 0 Å². The molecule has 311 valence electrons. The Morgan fingerprint density at radius 3 is 2.15 bits per heavy atom. The average Bonchev–Trinajstić information content (AvgIpc) is 3.86. The third-order valence-corrected chi connectivity index (χ3v) is 13.8. The van der Waals surface area contributed by atoms with Crippen molar-refractivity contribution in [1.82, 2.24) is 19.5 Å². The van der Waals surface area contributed by atoms with Gasteiger partial charge in [0.15, 0.2) is 0 Å². The Morgan fingerprint density at radius 2 is 1.48 bits per heavy atom. The molecule has 7 heteroatoms. The molecule has 4 aromatic heterocycles. The maximum Gasteiger partial charge on any atom is 0.216 e. The van der Waals surface area contributed by atoms with Gasteiger partial charge in [-0.05, 0) is 90.3 Å². The SMILES string of the molecule is Cc1ccc2c(n1)oc1c(-c3ccc([Si](C)(C)C)cn3)[c-]ccc12.[2H]C([2H])([2H])c1ccc(-c2cc[c-]c(-c3nc4ccccc4n3-c3c(C(C)CC)cccc3C(C)CC)c2)cc1.[Ir]. The Kier molecular flexibility index (Phi) is 11.9. The second kappa shape index (κ2) is 18.3. The number of aryl methyl sites for hydroxylation is 2. The largest absolute Gasteiger partial charge is 0.486 e. The van der Waals surface area contributed by atoms with Crippen molar-refractivity contribution in [3.05, 3.63) is 162 Å². The molecule has 5 aromatic carbocycles. The zero-order valence-electron chi connectivity index (χ0n) is 39.2. The first-order valence-corrected chi connectivity index (χ1v) is 24.6. The Bertz CT molecular complexity index is 3030.